The van der Waals surface area contributed by atoms with Crippen LogP contribution < -0.4 is 15.1 Å². The number of fused-ring (bicyclic) bond motifs is 1. The monoisotopic (exact) mass is 666 g/mol. The largest absolute Gasteiger partial charge is 0.496 e. The molecule has 1 amide bonds. The zero-order chi connectivity index (χ0) is 33.2. The van der Waals surface area contributed by atoms with Gasteiger partial charge in [-0.25, -0.2) is 12.8 Å². The fourth-order valence-corrected chi connectivity index (χ4v) is 7.05. The smallest absolute Gasteiger partial charge is 0.455 e. The molecule has 0 atom stereocenters. The van der Waals surface area contributed by atoms with Crippen molar-refractivity contribution in [2.24, 2.45) is 0 Å². The van der Waals surface area contributed by atoms with Crippen LogP contribution in [0.4, 0.5) is 10.1 Å². The molecule has 2 fully saturated rings. The Labute approximate surface area is 274 Å². The van der Waals surface area contributed by atoms with Gasteiger partial charge in [-0.05, 0) is 100 Å². The number of sulfonamides is 1. The Morgan fingerprint density at radius 2 is 1.70 bits per heavy atom. The van der Waals surface area contributed by atoms with Gasteiger partial charge in [0.15, 0.2) is 0 Å². The van der Waals surface area contributed by atoms with Crippen molar-refractivity contribution in [2.75, 3.05) is 24.2 Å². The predicted octanol–water partition coefficient (Wildman–Crippen LogP) is 6.44. The predicted molar refractivity (Wildman–Crippen MR) is 180 cm³/mol. The van der Waals surface area contributed by atoms with Gasteiger partial charge in [0.05, 0.1) is 28.7 Å². The maximum Gasteiger partial charge on any atom is 0.496 e. The molecule has 1 saturated carbocycles. The maximum absolute atomic E-state index is 13.7. The first-order chi connectivity index (χ1) is 21.6. The minimum Gasteiger partial charge on any atom is -0.455 e. The summed E-state index contributed by atoms with van der Waals surface area (Å²) in [6, 6.07) is 14.9. The number of nitrogens with zero attached hydrogens (tertiary/aromatic N) is 1. The lowest BCUT2D eigenvalue weighted by molar-refractivity contribution is 0.00578. The minimum atomic E-state index is -3.73. The number of anilines is 1. The van der Waals surface area contributed by atoms with Gasteiger partial charge in [0.25, 0.3) is 5.91 Å². The molecule has 1 aliphatic heterocycles. The molecule has 12 heteroatoms. The Kier molecular flexibility index (Phi) is 8.28. The third-order valence-corrected chi connectivity index (χ3v) is 10.8. The van der Waals surface area contributed by atoms with Crippen molar-refractivity contribution >= 4 is 56.8 Å². The molecule has 1 aliphatic carbocycles. The molecule has 1 N–H and O–H groups in total. The second kappa shape index (κ2) is 11.7. The second-order valence-electron chi connectivity index (χ2n) is 13.1. The van der Waals surface area contributed by atoms with Crippen molar-refractivity contribution in [3.8, 4) is 11.3 Å². The lowest BCUT2D eigenvalue weighted by Gasteiger charge is -2.32. The molecule has 242 valence electrons. The second-order valence-corrected chi connectivity index (χ2v) is 15.4. The van der Waals surface area contributed by atoms with Gasteiger partial charge in [-0.3, -0.25) is 9.10 Å². The molecule has 46 heavy (non-hydrogen) atoms. The first-order valence-corrected chi connectivity index (χ1v) is 17.5. The number of benzene rings is 3. The number of rotatable bonds is 9. The molecule has 1 aromatic heterocycles. The molecule has 4 aromatic rings. The van der Waals surface area contributed by atoms with Gasteiger partial charge >= 0.3 is 7.12 Å². The molecule has 8 nitrogen and oxygen atoms in total. The van der Waals surface area contributed by atoms with E-state index >= 15 is 0 Å². The van der Waals surface area contributed by atoms with Gasteiger partial charge in [-0.2, -0.15) is 0 Å². The molecule has 2 aliphatic rings. The summed E-state index contributed by atoms with van der Waals surface area (Å²) in [7, 11) is -2.80. The standard InChI is InChI=1S/C34H37BClFN2O6S/c1-33(2)34(3,4)45-35(44-33)26-14-7-20(17-27(26)36)15-16-39(46(6,41)42)28-19-29-25(18-24(28)21-8-9-21)30(32(40)38-5)31(43-29)22-10-12-23(37)13-11-22/h7,10-14,17-19,21H,8-9,15-16H2,1-6H3,(H,38,40). The quantitative estimate of drug-likeness (QED) is 0.207. The van der Waals surface area contributed by atoms with Crippen LogP contribution in [-0.4, -0.2) is 52.5 Å². The normalized spacial score (nSPS) is 17.4. The number of amides is 1. The summed E-state index contributed by atoms with van der Waals surface area (Å²) in [5.41, 5.74) is 3.12. The molecule has 2 heterocycles. The Morgan fingerprint density at radius 1 is 1.04 bits per heavy atom. The fraction of sp³-hybridized carbons (Fsp3) is 0.382. The van der Waals surface area contributed by atoms with Crippen LogP contribution in [-0.2, 0) is 25.8 Å². The van der Waals surface area contributed by atoms with Crippen LogP contribution >= 0.6 is 11.6 Å². The van der Waals surface area contributed by atoms with E-state index < -0.39 is 34.2 Å². The Bertz CT molecular complexity index is 1920. The van der Waals surface area contributed by atoms with Crippen LogP contribution in [0.2, 0.25) is 5.02 Å². The highest BCUT2D eigenvalue weighted by molar-refractivity contribution is 7.92. The lowest BCUT2D eigenvalue weighted by Crippen LogP contribution is -2.41. The van der Waals surface area contributed by atoms with E-state index in [0.717, 1.165) is 24.0 Å². The van der Waals surface area contributed by atoms with Crippen LogP contribution in [0.25, 0.3) is 22.3 Å². The van der Waals surface area contributed by atoms with E-state index in [1.54, 1.807) is 18.2 Å². The van der Waals surface area contributed by atoms with Crippen LogP contribution in [0.15, 0.2) is 59.0 Å². The van der Waals surface area contributed by atoms with Crippen molar-refractivity contribution in [3.63, 3.8) is 0 Å². The molecular formula is C34H37BClFN2O6S. The molecule has 0 bridgehead atoms. The zero-order valence-electron chi connectivity index (χ0n) is 26.7. The van der Waals surface area contributed by atoms with E-state index in [2.05, 4.69) is 5.32 Å². The Morgan fingerprint density at radius 3 is 2.26 bits per heavy atom. The van der Waals surface area contributed by atoms with Gasteiger partial charge in [-0.1, -0.05) is 23.7 Å². The average Bonchev–Trinajstić information content (AvgIpc) is 3.71. The number of hydrogen-bond donors (Lipinski definition) is 1. The van der Waals surface area contributed by atoms with E-state index in [-0.39, 0.29) is 24.1 Å². The molecule has 0 spiro atoms. The summed E-state index contributed by atoms with van der Waals surface area (Å²) in [4.78, 5) is 13.1. The van der Waals surface area contributed by atoms with Crippen LogP contribution in [0.1, 0.15) is 67.9 Å². The number of furan rings is 1. The number of nitrogens with one attached hydrogen (secondary N) is 1. The number of halogens is 2. The highest BCUT2D eigenvalue weighted by Crippen LogP contribution is 2.48. The van der Waals surface area contributed by atoms with Crippen LogP contribution in [0.3, 0.4) is 0 Å². The highest BCUT2D eigenvalue weighted by Gasteiger charge is 2.52. The van der Waals surface area contributed by atoms with Gasteiger partial charge in [0.1, 0.15) is 17.2 Å². The summed E-state index contributed by atoms with van der Waals surface area (Å²) in [6.45, 7) is 8.08. The summed E-state index contributed by atoms with van der Waals surface area (Å²) in [5.74, 6) is -0.323. The average molecular weight is 667 g/mol. The van der Waals surface area contributed by atoms with Crippen molar-refractivity contribution in [3.05, 3.63) is 82.1 Å². The number of carbonyl (C=O) groups excluding carboxylic acids is 1. The van der Waals surface area contributed by atoms with E-state index in [1.165, 1.54) is 29.7 Å². The molecule has 6 rings (SSSR count). The topological polar surface area (TPSA) is 98.1 Å². The molecule has 3 aromatic carbocycles. The fourth-order valence-electron chi connectivity index (χ4n) is 5.82. The van der Waals surface area contributed by atoms with Crippen molar-refractivity contribution < 1.29 is 31.3 Å². The highest BCUT2D eigenvalue weighted by atomic mass is 35.5. The minimum absolute atomic E-state index is 0.152. The first kappa shape index (κ1) is 32.6. The number of carbonyl (C=O) groups is 1. The van der Waals surface area contributed by atoms with Gasteiger partial charge < -0.3 is 19.0 Å². The SMILES string of the molecule is CNC(=O)c1c(-c2ccc(F)cc2)oc2cc(N(CCc3ccc(B4OC(C)(C)C(C)(C)O4)c(Cl)c3)S(C)(=O)=O)c(C3CC3)cc12. The number of hydrogen-bond acceptors (Lipinski definition) is 6. The molecule has 0 unspecified atom stereocenters. The van der Waals surface area contributed by atoms with Crippen molar-refractivity contribution in [1.82, 2.24) is 5.32 Å². The summed E-state index contributed by atoms with van der Waals surface area (Å²) in [6.07, 6.45) is 3.39. The van der Waals surface area contributed by atoms with Gasteiger partial charge in [-0.15, -0.1) is 0 Å². The third-order valence-electron chi connectivity index (χ3n) is 9.26. The van der Waals surface area contributed by atoms with Crippen LogP contribution in [0, 0.1) is 5.82 Å². The molecular weight excluding hydrogens is 630 g/mol. The summed E-state index contributed by atoms with van der Waals surface area (Å²) < 4.78 is 60.3. The first-order valence-electron chi connectivity index (χ1n) is 15.3. The van der Waals surface area contributed by atoms with E-state index in [9.17, 15) is 17.6 Å². The summed E-state index contributed by atoms with van der Waals surface area (Å²) in [5, 5.41) is 3.73. The van der Waals surface area contributed by atoms with Gasteiger partial charge in [0.2, 0.25) is 10.0 Å². The summed E-state index contributed by atoms with van der Waals surface area (Å²) >= 11 is 6.71. The van der Waals surface area contributed by atoms with Crippen molar-refractivity contribution in [2.45, 2.75) is 64.1 Å². The third kappa shape index (κ3) is 6.06. The molecule has 1 saturated heterocycles. The van der Waals surface area contributed by atoms with E-state index in [0.29, 0.717) is 44.7 Å². The Hall–Kier alpha value is -3.38. The van der Waals surface area contributed by atoms with E-state index in [4.69, 9.17) is 25.3 Å². The van der Waals surface area contributed by atoms with E-state index in [1.807, 2.05) is 52.0 Å². The van der Waals surface area contributed by atoms with Crippen molar-refractivity contribution in [1.29, 1.82) is 0 Å². The Balaban J connectivity index is 1.35. The molecule has 0 radical (unpaired) electrons. The lowest BCUT2D eigenvalue weighted by atomic mass is 9.78. The van der Waals surface area contributed by atoms with Gasteiger partial charge in [0, 0.05) is 41.1 Å². The van der Waals surface area contributed by atoms with Crippen LogP contribution in [0.5, 0.6) is 0 Å². The zero-order valence-corrected chi connectivity index (χ0v) is 28.3. The maximum atomic E-state index is 13.7.